The van der Waals surface area contributed by atoms with Crippen molar-refractivity contribution in [2.24, 2.45) is 5.92 Å². The topological polar surface area (TPSA) is 61.1 Å². The molecule has 0 radical (unpaired) electrons. The molecule has 3 rings (SSSR count). The van der Waals surface area contributed by atoms with Gasteiger partial charge in [0.05, 0.1) is 18.1 Å². The Kier molecular flexibility index (Phi) is 10.1. The number of aryl methyl sites for hydroxylation is 2. The molecule has 0 saturated carbocycles. The zero-order valence-electron chi connectivity index (χ0n) is 19.7. The molecule has 3 heteroatoms. The minimum Gasteiger partial charge on any atom is -0.481 e. The Morgan fingerprint density at radius 2 is 1.56 bits per heavy atom. The number of unbranched alkanes of at least 4 members (excludes halogenated alkanes) is 3. The Morgan fingerprint density at radius 3 is 2.32 bits per heavy atom. The van der Waals surface area contributed by atoms with Crippen molar-refractivity contribution in [3.8, 4) is 6.07 Å². The van der Waals surface area contributed by atoms with Crippen molar-refractivity contribution in [1.82, 2.24) is 0 Å². The Hall–Kier alpha value is -3.64. The summed E-state index contributed by atoms with van der Waals surface area (Å²) in [4.78, 5) is 11.4. The predicted molar refractivity (Wildman–Crippen MR) is 138 cm³/mol. The van der Waals surface area contributed by atoms with E-state index in [1.165, 1.54) is 30.4 Å². The van der Waals surface area contributed by atoms with E-state index in [4.69, 9.17) is 5.26 Å². The quantitative estimate of drug-likeness (QED) is 0.278. The van der Waals surface area contributed by atoms with Crippen LogP contribution in [0.1, 0.15) is 59.9 Å². The minimum absolute atomic E-state index is 0.0663. The molecule has 1 N–H and O–H groups in total. The molecule has 0 bridgehead atoms. The maximum absolute atomic E-state index is 11.4. The molecular weight excluding hydrogens is 418 g/mol. The highest BCUT2D eigenvalue weighted by molar-refractivity contribution is 5.68. The first-order valence-corrected chi connectivity index (χ1v) is 12.1. The van der Waals surface area contributed by atoms with Crippen LogP contribution in [0.4, 0.5) is 0 Å². The lowest BCUT2D eigenvalue weighted by Crippen LogP contribution is -2.08. The summed E-state index contributed by atoms with van der Waals surface area (Å²) in [5, 5.41) is 18.5. The van der Waals surface area contributed by atoms with Crippen LogP contribution in [0.3, 0.4) is 0 Å². The number of rotatable bonds is 13. The highest BCUT2D eigenvalue weighted by Gasteiger charge is 2.12. The SMILES string of the molecule is N#Cc1cccc(CC(/C=C/c2ccccc2CCCCCCc2ccccc2)CC(=O)O)c1. The smallest absolute Gasteiger partial charge is 0.303 e. The van der Waals surface area contributed by atoms with Crippen LogP contribution in [0.5, 0.6) is 0 Å². The molecule has 3 aromatic carbocycles. The van der Waals surface area contributed by atoms with E-state index in [2.05, 4.69) is 60.7 Å². The van der Waals surface area contributed by atoms with E-state index in [1.807, 2.05) is 30.3 Å². The van der Waals surface area contributed by atoms with Crippen LogP contribution in [-0.4, -0.2) is 11.1 Å². The lowest BCUT2D eigenvalue weighted by atomic mass is 9.93. The molecule has 0 aliphatic carbocycles. The summed E-state index contributed by atoms with van der Waals surface area (Å²) in [6, 6.07) is 28.6. The number of carboxylic acids is 1. The summed E-state index contributed by atoms with van der Waals surface area (Å²) in [6.45, 7) is 0. The van der Waals surface area contributed by atoms with Gasteiger partial charge in [-0.05, 0) is 72.4 Å². The molecule has 1 atom stereocenters. The van der Waals surface area contributed by atoms with E-state index >= 15 is 0 Å². The second-order valence-corrected chi connectivity index (χ2v) is 8.83. The van der Waals surface area contributed by atoms with Gasteiger partial charge in [0.2, 0.25) is 0 Å². The Labute approximate surface area is 203 Å². The number of aliphatic carboxylic acids is 1. The molecule has 0 heterocycles. The molecule has 0 fully saturated rings. The van der Waals surface area contributed by atoms with Crippen LogP contribution in [-0.2, 0) is 24.1 Å². The number of nitrogens with zero attached hydrogens (tertiary/aromatic N) is 1. The Bertz CT molecular complexity index is 1110. The van der Waals surface area contributed by atoms with Gasteiger partial charge in [-0.25, -0.2) is 0 Å². The molecular formula is C31H33NO2. The Balaban J connectivity index is 1.55. The second-order valence-electron chi connectivity index (χ2n) is 8.83. The van der Waals surface area contributed by atoms with Gasteiger partial charge in [-0.3, -0.25) is 4.79 Å². The molecule has 0 amide bonds. The van der Waals surface area contributed by atoms with Gasteiger partial charge < -0.3 is 5.11 Å². The highest BCUT2D eigenvalue weighted by atomic mass is 16.4. The number of nitriles is 1. The summed E-state index contributed by atoms with van der Waals surface area (Å²) in [7, 11) is 0. The molecule has 3 nitrogen and oxygen atoms in total. The van der Waals surface area contributed by atoms with Crippen LogP contribution >= 0.6 is 0 Å². The van der Waals surface area contributed by atoms with Crippen molar-refractivity contribution in [2.45, 2.75) is 51.4 Å². The van der Waals surface area contributed by atoms with Gasteiger partial charge in [-0.15, -0.1) is 0 Å². The monoisotopic (exact) mass is 451 g/mol. The zero-order chi connectivity index (χ0) is 24.0. The van der Waals surface area contributed by atoms with E-state index < -0.39 is 5.97 Å². The minimum atomic E-state index is -0.810. The van der Waals surface area contributed by atoms with Crippen LogP contribution in [0.15, 0.2) is 84.9 Å². The average molecular weight is 452 g/mol. The summed E-state index contributed by atoms with van der Waals surface area (Å²) >= 11 is 0. The summed E-state index contributed by atoms with van der Waals surface area (Å²) in [5.74, 6) is -0.938. The number of carbonyl (C=O) groups is 1. The fourth-order valence-corrected chi connectivity index (χ4v) is 4.31. The van der Waals surface area contributed by atoms with E-state index in [9.17, 15) is 9.90 Å². The summed E-state index contributed by atoms with van der Waals surface area (Å²) in [5.41, 5.74) is 5.46. The average Bonchev–Trinajstić information content (AvgIpc) is 2.85. The first kappa shape index (κ1) is 25.0. The van der Waals surface area contributed by atoms with Crippen molar-refractivity contribution in [2.75, 3.05) is 0 Å². The molecule has 1 unspecified atom stereocenters. The van der Waals surface area contributed by atoms with E-state index in [-0.39, 0.29) is 12.3 Å². The molecule has 34 heavy (non-hydrogen) atoms. The van der Waals surface area contributed by atoms with Crippen LogP contribution in [0, 0.1) is 17.2 Å². The van der Waals surface area contributed by atoms with Crippen molar-refractivity contribution in [3.05, 3.63) is 113 Å². The van der Waals surface area contributed by atoms with Crippen molar-refractivity contribution in [3.63, 3.8) is 0 Å². The highest BCUT2D eigenvalue weighted by Crippen LogP contribution is 2.20. The van der Waals surface area contributed by atoms with E-state index in [1.54, 1.807) is 6.07 Å². The number of hydrogen-bond donors (Lipinski definition) is 1. The van der Waals surface area contributed by atoms with Gasteiger partial charge >= 0.3 is 5.97 Å². The lowest BCUT2D eigenvalue weighted by molar-refractivity contribution is -0.137. The first-order chi connectivity index (χ1) is 16.6. The summed E-state index contributed by atoms with van der Waals surface area (Å²) in [6.07, 6.45) is 11.7. The standard InChI is InChI=1S/C31H33NO2/c32-24-28-15-10-14-26(22-28)21-27(23-31(33)34)19-20-30-18-9-8-17-29(30)16-7-2-1-4-11-25-12-5-3-6-13-25/h3,5-6,8-10,12-15,17-20,22,27H,1-2,4,7,11,16,21,23H2,(H,33,34)/b20-19+. The van der Waals surface area contributed by atoms with Crippen LogP contribution in [0.2, 0.25) is 0 Å². The van der Waals surface area contributed by atoms with E-state index in [0.717, 1.165) is 30.4 Å². The number of allylic oxidation sites excluding steroid dienone is 1. The third-order valence-corrected chi connectivity index (χ3v) is 6.10. The van der Waals surface area contributed by atoms with Crippen LogP contribution < -0.4 is 0 Å². The van der Waals surface area contributed by atoms with Gasteiger partial charge in [-0.2, -0.15) is 5.26 Å². The predicted octanol–water partition coefficient (Wildman–Crippen LogP) is 7.25. The molecule has 0 aliphatic rings. The molecule has 0 saturated heterocycles. The second kappa shape index (κ2) is 13.8. The number of carboxylic acid groups (broad SMARTS) is 1. The molecule has 3 aromatic rings. The van der Waals surface area contributed by atoms with Gasteiger partial charge in [0.15, 0.2) is 0 Å². The van der Waals surface area contributed by atoms with Crippen molar-refractivity contribution >= 4 is 12.0 Å². The van der Waals surface area contributed by atoms with Crippen molar-refractivity contribution < 1.29 is 9.90 Å². The van der Waals surface area contributed by atoms with Crippen molar-refractivity contribution in [1.29, 1.82) is 5.26 Å². The molecule has 0 spiro atoms. The zero-order valence-corrected chi connectivity index (χ0v) is 19.7. The third kappa shape index (κ3) is 8.71. The van der Waals surface area contributed by atoms with Gasteiger partial charge in [-0.1, -0.05) is 91.7 Å². The van der Waals surface area contributed by atoms with Gasteiger partial charge in [0, 0.05) is 0 Å². The lowest BCUT2D eigenvalue weighted by Gasteiger charge is -2.12. The first-order valence-electron chi connectivity index (χ1n) is 12.1. The Morgan fingerprint density at radius 1 is 0.853 bits per heavy atom. The molecule has 174 valence electrons. The third-order valence-electron chi connectivity index (χ3n) is 6.10. The summed E-state index contributed by atoms with van der Waals surface area (Å²) < 4.78 is 0. The van der Waals surface area contributed by atoms with Gasteiger partial charge in [0.25, 0.3) is 0 Å². The number of benzene rings is 3. The van der Waals surface area contributed by atoms with Crippen LogP contribution in [0.25, 0.3) is 6.08 Å². The number of hydrogen-bond acceptors (Lipinski definition) is 2. The maximum atomic E-state index is 11.4. The molecule has 0 aromatic heterocycles. The maximum Gasteiger partial charge on any atom is 0.303 e. The molecule has 0 aliphatic heterocycles. The van der Waals surface area contributed by atoms with Gasteiger partial charge in [0.1, 0.15) is 0 Å². The largest absolute Gasteiger partial charge is 0.481 e. The fraction of sp³-hybridized carbons (Fsp3) is 0.290. The normalized spacial score (nSPS) is 11.9. The van der Waals surface area contributed by atoms with E-state index in [0.29, 0.717) is 12.0 Å². The fourth-order valence-electron chi connectivity index (χ4n) is 4.31.